The summed E-state index contributed by atoms with van der Waals surface area (Å²) in [5.41, 5.74) is 0.660. The van der Waals surface area contributed by atoms with Crippen molar-refractivity contribution in [3.8, 4) is 0 Å². The number of nitrogens with zero attached hydrogens (tertiary/aromatic N) is 2. The van der Waals surface area contributed by atoms with Crippen LogP contribution in [0.25, 0.3) is 0 Å². The van der Waals surface area contributed by atoms with E-state index in [0.717, 1.165) is 57.0 Å². The van der Waals surface area contributed by atoms with Gasteiger partial charge in [-0.3, -0.25) is 4.79 Å². The molecule has 2 heterocycles. The first kappa shape index (κ1) is 17.8. The van der Waals surface area contributed by atoms with Crippen LogP contribution in [-0.4, -0.2) is 54.0 Å². The first-order valence-electron chi connectivity index (χ1n) is 10.6. The number of amides is 1. The van der Waals surface area contributed by atoms with Crippen molar-refractivity contribution in [3.05, 3.63) is 30.3 Å². The topological polar surface area (TPSA) is 35.6 Å². The minimum absolute atomic E-state index is 0.324. The number of hydrogen-bond donors (Lipinski definition) is 1. The van der Waals surface area contributed by atoms with E-state index in [2.05, 4.69) is 22.3 Å². The lowest BCUT2D eigenvalue weighted by Gasteiger charge is -2.46. The predicted molar refractivity (Wildman–Crippen MR) is 106 cm³/mol. The van der Waals surface area contributed by atoms with Gasteiger partial charge in [-0.1, -0.05) is 37.5 Å². The Morgan fingerprint density at radius 3 is 2.27 bits per heavy atom. The fraction of sp³-hybridized carbons (Fsp3) is 0.682. The van der Waals surface area contributed by atoms with E-state index in [1.54, 1.807) is 0 Å². The Morgan fingerprint density at radius 1 is 0.962 bits per heavy atom. The van der Waals surface area contributed by atoms with Crippen LogP contribution in [0.5, 0.6) is 0 Å². The maximum atomic E-state index is 13.2. The number of nitrogens with one attached hydrogen (secondary N) is 1. The Hall–Kier alpha value is -1.55. The Bertz CT molecular complexity index is 585. The highest BCUT2D eigenvalue weighted by molar-refractivity contribution is 5.90. The highest BCUT2D eigenvalue weighted by atomic mass is 16.2. The van der Waals surface area contributed by atoms with Gasteiger partial charge >= 0.3 is 0 Å². The second-order valence-corrected chi connectivity index (χ2v) is 8.52. The summed E-state index contributed by atoms with van der Waals surface area (Å²) in [4.78, 5) is 17.9. The van der Waals surface area contributed by atoms with Gasteiger partial charge in [-0.05, 0) is 50.2 Å². The second-order valence-electron chi connectivity index (χ2n) is 8.52. The third-order valence-corrected chi connectivity index (χ3v) is 6.66. The molecule has 1 amide bonds. The number of carbonyl (C=O) groups excluding carboxylic acids is 1. The first-order valence-corrected chi connectivity index (χ1v) is 10.6. The molecule has 3 aliphatic rings. The molecule has 2 aliphatic heterocycles. The summed E-state index contributed by atoms with van der Waals surface area (Å²) in [5.74, 6) is 1.20. The summed E-state index contributed by atoms with van der Waals surface area (Å²) < 4.78 is 0. The molecule has 0 unspecified atom stereocenters. The molecule has 26 heavy (non-hydrogen) atoms. The maximum absolute atomic E-state index is 13.2. The van der Waals surface area contributed by atoms with Crippen molar-refractivity contribution in [1.82, 2.24) is 9.80 Å². The van der Waals surface area contributed by atoms with Gasteiger partial charge in [-0.25, -0.2) is 0 Å². The Kier molecular flexibility index (Phi) is 5.49. The number of para-hydroxylation sites is 1. The van der Waals surface area contributed by atoms with Crippen LogP contribution in [-0.2, 0) is 4.79 Å². The van der Waals surface area contributed by atoms with Gasteiger partial charge in [0.2, 0.25) is 5.91 Å². The maximum Gasteiger partial charge on any atom is 0.248 e. The summed E-state index contributed by atoms with van der Waals surface area (Å²) in [7, 11) is 0. The zero-order chi connectivity index (χ0) is 17.8. The van der Waals surface area contributed by atoms with Crippen LogP contribution in [0.2, 0.25) is 0 Å². The van der Waals surface area contributed by atoms with Crippen LogP contribution in [0.4, 0.5) is 5.69 Å². The van der Waals surface area contributed by atoms with Crippen LogP contribution in [0.1, 0.15) is 51.4 Å². The number of carbonyl (C=O) groups is 1. The van der Waals surface area contributed by atoms with Gasteiger partial charge in [0.1, 0.15) is 5.54 Å². The van der Waals surface area contributed by atoms with Gasteiger partial charge in [0.05, 0.1) is 0 Å². The molecule has 1 saturated carbocycles. The molecule has 0 atom stereocenters. The third kappa shape index (κ3) is 3.90. The predicted octanol–water partition coefficient (Wildman–Crippen LogP) is 3.75. The molecule has 4 nitrogen and oxygen atoms in total. The van der Waals surface area contributed by atoms with Crippen LogP contribution in [0.15, 0.2) is 30.3 Å². The van der Waals surface area contributed by atoms with Gasteiger partial charge in [0.15, 0.2) is 0 Å². The van der Waals surface area contributed by atoms with Crippen molar-refractivity contribution >= 4 is 11.6 Å². The van der Waals surface area contributed by atoms with Crippen molar-refractivity contribution in [3.63, 3.8) is 0 Å². The molecular weight excluding hydrogens is 322 g/mol. The standard InChI is InChI=1S/C22H33N3O/c26-21(25-14-7-15-25)22(23-20-10-5-2-6-11-20)12-16-24(17-13-22)18-19-8-3-1-4-9-19/h2,5-6,10-11,19,23H,1,3-4,7-9,12-18H2. The average Bonchev–Trinajstić information content (AvgIpc) is 2.64. The number of likely N-dealkylation sites (tertiary alicyclic amines) is 2. The Morgan fingerprint density at radius 2 is 1.65 bits per heavy atom. The lowest BCUT2D eigenvalue weighted by atomic mass is 9.83. The molecule has 1 aromatic rings. The molecule has 142 valence electrons. The van der Waals surface area contributed by atoms with Crippen LogP contribution in [0.3, 0.4) is 0 Å². The van der Waals surface area contributed by atoms with E-state index in [-0.39, 0.29) is 0 Å². The number of anilines is 1. The van der Waals surface area contributed by atoms with Crippen molar-refractivity contribution in [2.24, 2.45) is 5.92 Å². The molecule has 1 aliphatic carbocycles. The molecule has 3 fully saturated rings. The SMILES string of the molecule is O=C(N1CCC1)C1(Nc2ccccc2)CCN(CC2CCCCC2)CC1. The largest absolute Gasteiger partial charge is 0.371 e. The highest BCUT2D eigenvalue weighted by Gasteiger charge is 2.45. The van der Waals surface area contributed by atoms with Crippen molar-refractivity contribution in [1.29, 1.82) is 0 Å². The van der Waals surface area contributed by atoms with Gasteiger partial charge < -0.3 is 15.1 Å². The van der Waals surface area contributed by atoms with Crippen LogP contribution in [0, 0.1) is 5.92 Å². The fourth-order valence-electron chi connectivity index (χ4n) is 4.86. The lowest BCUT2D eigenvalue weighted by molar-refractivity contribution is -0.141. The van der Waals surface area contributed by atoms with Crippen molar-refractivity contribution in [2.45, 2.75) is 56.9 Å². The monoisotopic (exact) mass is 355 g/mol. The molecule has 4 heteroatoms. The summed E-state index contributed by atoms with van der Waals surface area (Å²) in [6.45, 7) is 5.18. The lowest BCUT2D eigenvalue weighted by Crippen LogP contribution is -2.61. The number of piperidine rings is 1. The van der Waals surface area contributed by atoms with Gasteiger partial charge in [-0.2, -0.15) is 0 Å². The van der Waals surface area contributed by atoms with Gasteiger partial charge in [0.25, 0.3) is 0 Å². The normalized spacial score (nSPS) is 24.1. The number of benzene rings is 1. The molecule has 1 aromatic carbocycles. The molecule has 0 spiro atoms. The van der Waals surface area contributed by atoms with E-state index in [0.29, 0.717) is 5.91 Å². The molecule has 0 bridgehead atoms. The van der Waals surface area contributed by atoms with Crippen LogP contribution >= 0.6 is 0 Å². The molecule has 2 saturated heterocycles. The molecular formula is C22H33N3O. The Labute approximate surface area is 157 Å². The summed E-state index contributed by atoms with van der Waals surface area (Å²) in [6, 6.07) is 10.3. The quantitative estimate of drug-likeness (QED) is 0.874. The minimum Gasteiger partial charge on any atom is -0.371 e. The molecule has 4 rings (SSSR count). The second kappa shape index (κ2) is 7.99. The van der Waals surface area contributed by atoms with E-state index in [4.69, 9.17) is 0 Å². The zero-order valence-electron chi connectivity index (χ0n) is 16.0. The molecule has 0 radical (unpaired) electrons. The van der Waals surface area contributed by atoms with Crippen LogP contribution < -0.4 is 5.32 Å². The molecule has 1 N–H and O–H groups in total. The minimum atomic E-state index is -0.412. The number of hydrogen-bond acceptors (Lipinski definition) is 3. The van der Waals surface area contributed by atoms with Crippen molar-refractivity contribution in [2.75, 3.05) is 38.0 Å². The Balaban J connectivity index is 1.42. The zero-order valence-corrected chi connectivity index (χ0v) is 16.0. The van der Waals surface area contributed by atoms with Crippen molar-refractivity contribution < 1.29 is 4.79 Å². The fourth-order valence-corrected chi connectivity index (χ4v) is 4.86. The number of rotatable bonds is 5. The third-order valence-electron chi connectivity index (χ3n) is 6.66. The smallest absolute Gasteiger partial charge is 0.248 e. The van der Waals surface area contributed by atoms with Gasteiger partial charge in [0, 0.05) is 38.4 Å². The summed E-state index contributed by atoms with van der Waals surface area (Å²) in [6.07, 6.45) is 10.0. The van der Waals surface area contributed by atoms with E-state index in [1.807, 2.05) is 23.1 Å². The first-order chi connectivity index (χ1) is 12.8. The van der Waals surface area contributed by atoms with Gasteiger partial charge in [-0.15, -0.1) is 0 Å². The summed E-state index contributed by atoms with van der Waals surface area (Å²) >= 11 is 0. The molecule has 0 aromatic heterocycles. The van der Waals surface area contributed by atoms with E-state index >= 15 is 0 Å². The van der Waals surface area contributed by atoms with E-state index in [9.17, 15) is 4.79 Å². The van der Waals surface area contributed by atoms with E-state index in [1.165, 1.54) is 38.6 Å². The highest BCUT2D eigenvalue weighted by Crippen LogP contribution is 2.32. The summed E-state index contributed by atoms with van der Waals surface area (Å²) in [5, 5.41) is 3.65. The van der Waals surface area contributed by atoms with E-state index < -0.39 is 5.54 Å². The average molecular weight is 356 g/mol.